The fourth-order valence-corrected chi connectivity index (χ4v) is 1.09. The number of nitrogens with one attached hydrogen (secondary N) is 2. The second-order valence-corrected chi connectivity index (χ2v) is 3.27. The molecule has 1 aromatic rings. The largest absolute Gasteiger partial charge is 0.479 e. The zero-order chi connectivity index (χ0) is 11.3. The number of carboxylic acids is 1. The number of nitrogens with zero attached hydrogens (tertiary/aromatic N) is 2. The summed E-state index contributed by atoms with van der Waals surface area (Å²) >= 11 is 1.12. The first kappa shape index (κ1) is 11.3. The number of rotatable bonds is 4. The lowest BCUT2D eigenvalue weighted by Gasteiger charge is -2.07. The molecule has 1 heterocycles. The van der Waals surface area contributed by atoms with Crippen molar-refractivity contribution < 1.29 is 19.8 Å². The summed E-state index contributed by atoms with van der Waals surface area (Å²) in [7, 11) is 0. The highest BCUT2D eigenvalue weighted by atomic mass is 32.1. The third-order valence-corrected chi connectivity index (χ3v) is 1.93. The van der Waals surface area contributed by atoms with Gasteiger partial charge in [-0.25, -0.2) is 9.59 Å². The van der Waals surface area contributed by atoms with Crippen molar-refractivity contribution in [1.82, 2.24) is 15.5 Å². The third kappa shape index (κ3) is 3.87. The monoisotopic (exact) mass is 232 g/mol. The molecule has 0 aliphatic rings. The molecule has 0 aliphatic carbocycles. The normalized spacial score (nSPS) is 11.8. The van der Waals surface area contributed by atoms with Crippen molar-refractivity contribution in [2.45, 2.75) is 6.10 Å². The summed E-state index contributed by atoms with van der Waals surface area (Å²) in [6.07, 6.45) is -1.62. The topological polar surface area (TPSA) is 124 Å². The molecule has 4 N–H and O–H groups in total. The number of carboxylic acid groups (broad SMARTS) is 1. The molecule has 0 aromatic carbocycles. The van der Waals surface area contributed by atoms with Gasteiger partial charge >= 0.3 is 12.0 Å². The van der Waals surface area contributed by atoms with Crippen LogP contribution in [-0.4, -0.2) is 45.1 Å². The molecule has 8 nitrogen and oxygen atoms in total. The number of anilines is 1. The smallest absolute Gasteiger partial charge is 0.334 e. The molecule has 2 amide bonds. The van der Waals surface area contributed by atoms with E-state index >= 15 is 0 Å². The van der Waals surface area contributed by atoms with Crippen molar-refractivity contribution >= 4 is 28.5 Å². The second kappa shape index (κ2) is 5.22. The van der Waals surface area contributed by atoms with Crippen LogP contribution < -0.4 is 10.6 Å². The summed E-state index contributed by atoms with van der Waals surface area (Å²) in [4.78, 5) is 21.2. The van der Waals surface area contributed by atoms with Crippen molar-refractivity contribution in [1.29, 1.82) is 0 Å². The van der Waals surface area contributed by atoms with Crippen LogP contribution in [0.5, 0.6) is 0 Å². The Morgan fingerprint density at radius 2 is 2.33 bits per heavy atom. The molecule has 82 valence electrons. The fourth-order valence-electron chi connectivity index (χ4n) is 0.646. The molecule has 9 heteroatoms. The highest BCUT2D eigenvalue weighted by Crippen LogP contribution is 2.06. The van der Waals surface area contributed by atoms with Crippen LogP contribution >= 0.6 is 11.3 Å². The van der Waals surface area contributed by atoms with E-state index in [2.05, 4.69) is 20.8 Å². The summed E-state index contributed by atoms with van der Waals surface area (Å²) in [6.45, 7) is -0.375. The minimum Gasteiger partial charge on any atom is -0.479 e. The Balaban J connectivity index is 2.28. The van der Waals surface area contributed by atoms with Gasteiger partial charge in [-0.1, -0.05) is 11.3 Å². The maximum Gasteiger partial charge on any atom is 0.334 e. The molecule has 1 atom stereocenters. The van der Waals surface area contributed by atoms with Crippen LogP contribution in [0.1, 0.15) is 0 Å². The predicted molar refractivity (Wildman–Crippen MR) is 50.6 cm³/mol. The molecule has 0 radical (unpaired) electrons. The van der Waals surface area contributed by atoms with Gasteiger partial charge in [-0.3, -0.25) is 5.32 Å². The van der Waals surface area contributed by atoms with Gasteiger partial charge in [-0.05, 0) is 0 Å². The number of aliphatic carboxylic acids is 1. The summed E-state index contributed by atoms with van der Waals surface area (Å²) in [6, 6.07) is -0.646. The zero-order valence-corrected chi connectivity index (χ0v) is 8.19. The van der Waals surface area contributed by atoms with Crippen LogP contribution in [0.3, 0.4) is 0 Å². The molecule has 1 rings (SSSR count). The molecule has 1 aromatic heterocycles. The van der Waals surface area contributed by atoms with Gasteiger partial charge in [0.25, 0.3) is 0 Å². The van der Waals surface area contributed by atoms with Crippen LogP contribution in [0, 0.1) is 0 Å². The Hall–Kier alpha value is -1.74. The first-order valence-corrected chi connectivity index (χ1v) is 4.69. The van der Waals surface area contributed by atoms with Crippen LogP contribution in [0.25, 0.3) is 0 Å². The van der Waals surface area contributed by atoms with Gasteiger partial charge in [0.1, 0.15) is 5.51 Å². The minimum atomic E-state index is -1.62. The molecule has 0 saturated heterocycles. The summed E-state index contributed by atoms with van der Waals surface area (Å²) in [5.74, 6) is -1.40. The summed E-state index contributed by atoms with van der Waals surface area (Å²) in [5, 5.41) is 28.9. The Labute approximate surface area is 88.0 Å². The van der Waals surface area contributed by atoms with Crippen molar-refractivity contribution in [3.63, 3.8) is 0 Å². The Morgan fingerprint density at radius 1 is 1.60 bits per heavy atom. The van der Waals surface area contributed by atoms with E-state index in [0.29, 0.717) is 0 Å². The third-order valence-electron chi connectivity index (χ3n) is 1.32. The quantitative estimate of drug-likeness (QED) is 0.533. The average molecular weight is 232 g/mol. The van der Waals surface area contributed by atoms with Crippen LogP contribution in [-0.2, 0) is 4.79 Å². The lowest BCUT2D eigenvalue weighted by molar-refractivity contribution is -0.146. The number of urea groups is 1. The maximum absolute atomic E-state index is 11.1. The van der Waals surface area contributed by atoms with E-state index < -0.39 is 18.1 Å². The highest BCUT2D eigenvalue weighted by Gasteiger charge is 2.14. The van der Waals surface area contributed by atoms with Crippen LogP contribution in [0.15, 0.2) is 5.51 Å². The first-order chi connectivity index (χ1) is 7.09. The van der Waals surface area contributed by atoms with Crippen molar-refractivity contribution in [2.24, 2.45) is 0 Å². The van der Waals surface area contributed by atoms with Gasteiger partial charge in [0.2, 0.25) is 5.13 Å². The van der Waals surface area contributed by atoms with Gasteiger partial charge < -0.3 is 15.5 Å². The molecule has 0 spiro atoms. The lowest BCUT2D eigenvalue weighted by Crippen LogP contribution is -2.38. The van der Waals surface area contributed by atoms with Crippen molar-refractivity contribution in [2.75, 3.05) is 11.9 Å². The first-order valence-electron chi connectivity index (χ1n) is 3.81. The van der Waals surface area contributed by atoms with E-state index in [1.54, 1.807) is 0 Å². The van der Waals surface area contributed by atoms with Gasteiger partial charge in [0.15, 0.2) is 6.10 Å². The van der Waals surface area contributed by atoms with Crippen molar-refractivity contribution in [3.8, 4) is 0 Å². The molecule has 0 aliphatic heterocycles. The van der Waals surface area contributed by atoms with E-state index in [1.165, 1.54) is 5.51 Å². The van der Waals surface area contributed by atoms with E-state index in [0.717, 1.165) is 11.3 Å². The summed E-state index contributed by atoms with van der Waals surface area (Å²) in [5.41, 5.74) is 1.43. The molecule has 0 fully saturated rings. The number of hydrogen-bond acceptors (Lipinski definition) is 6. The predicted octanol–water partition coefficient (Wildman–Crippen LogP) is -0.895. The fraction of sp³-hybridized carbons (Fsp3) is 0.333. The molecule has 0 bridgehead atoms. The van der Waals surface area contributed by atoms with Crippen LogP contribution in [0.2, 0.25) is 0 Å². The van der Waals surface area contributed by atoms with E-state index in [9.17, 15) is 9.59 Å². The number of hydrogen-bond donors (Lipinski definition) is 4. The molecular weight excluding hydrogens is 224 g/mol. The Bertz CT molecular complexity index is 341. The number of amides is 2. The van der Waals surface area contributed by atoms with Gasteiger partial charge in [0, 0.05) is 0 Å². The average Bonchev–Trinajstić information content (AvgIpc) is 2.66. The number of aliphatic hydroxyl groups excluding tert-OH is 1. The number of aliphatic hydroxyl groups is 1. The summed E-state index contributed by atoms with van der Waals surface area (Å²) < 4.78 is 0. The highest BCUT2D eigenvalue weighted by molar-refractivity contribution is 7.13. The lowest BCUT2D eigenvalue weighted by atomic mass is 10.4. The number of carbonyl (C=O) groups excluding carboxylic acids is 1. The van der Waals surface area contributed by atoms with Crippen LogP contribution in [0.4, 0.5) is 9.93 Å². The SMILES string of the molecule is O=C(NCC(O)C(=O)O)Nc1nncs1. The molecule has 15 heavy (non-hydrogen) atoms. The second-order valence-electron chi connectivity index (χ2n) is 2.43. The number of aromatic nitrogens is 2. The Morgan fingerprint density at radius 3 is 2.87 bits per heavy atom. The maximum atomic E-state index is 11.1. The Kier molecular flexibility index (Phi) is 3.94. The van der Waals surface area contributed by atoms with E-state index in [4.69, 9.17) is 10.2 Å². The van der Waals surface area contributed by atoms with Crippen molar-refractivity contribution in [3.05, 3.63) is 5.51 Å². The van der Waals surface area contributed by atoms with E-state index in [1.807, 2.05) is 0 Å². The standard InChI is InChI=1S/C6H8N4O4S/c11-3(4(12)13)1-7-5(14)9-6-10-8-2-15-6/h2-3,11H,1H2,(H,12,13)(H2,7,9,10,14). The van der Waals surface area contributed by atoms with E-state index in [-0.39, 0.29) is 11.7 Å². The molecular formula is C6H8N4O4S. The zero-order valence-electron chi connectivity index (χ0n) is 7.38. The van der Waals surface area contributed by atoms with Gasteiger partial charge in [-0.15, -0.1) is 10.2 Å². The van der Waals surface area contributed by atoms with Gasteiger partial charge in [0.05, 0.1) is 6.54 Å². The van der Waals surface area contributed by atoms with Gasteiger partial charge in [-0.2, -0.15) is 0 Å². The number of carbonyl (C=O) groups is 2. The minimum absolute atomic E-state index is 0.289. The molecule has 1 unspecified atom stereocenters. The molecule has 0 saturated carbocycles.